The van der Waals surface area contributed by atoms with Crippen LogP contribution in [0.1, 0.15) is 36.5 Å². The summed E-state index contributed by atoms with van der Waals surface area (Å²) >= 11 is 0. The molecule has 10 heavy (non-hydrogen) atoms. The molecule has 2 nitrogen and oxygen atoms in total. The van der Waals surface area contributed by atoms with E-state index in [-0.39, 0.29) is 0 Å². The van der Waals surface area contributed by atoms with Crippen molar-refractivity contribution < 1.29 is 26.3 Å². The van der Waals surface area contributed by atoms with Crippen molar-refractivity contribution in [1.29, 1.82) is 0 Å². The molecular weight excluding hydrogens is 128 g/mol. The van der Waals surface area contributed by atoms with Crippen molar-refractivity contribution >= 4 is 0 Å². The topological polar surface area (TPSA) is 32.8 Å². The SMILES string of the molecule is [2H]C([2H])([2H])[C@]([2H])(O)C([2H])([2H])C=C.[2H]C([2H])([2H])[C@]1([2H])OC1([2H])[2H]. The van der Waals surface area contributed by atoms with Crippen molar-refractivity contribution in [3.63, 3.8) is 0 Å². The minimum absolute atomic E-state index is 0.604. The van der Waals surface area contributed by atoms with Gasteiger partial charge in [0.2, 0.25) is 0 Å². The Kier molecular flexibility index (Phi) is 0.924. The number of ether oxygens (including phenoxy) is 1. The maximum absolute atomic E-state index is 9.04. The van der Waals surface area contributed by atoms with Gasteiger partial charge in [-0.1, -0.05) is 6.08 Å². The zero-order valence-corrected chi connectivity index (χ0v) is 5.14. The van der Waals surface area contributed by atoms with Gasteiger partial charge in [0.05, 0.1) is 24.2 Å². The van der Waals surface area contributed by atoms with Gasteiger partial charge in [0.1, 0.15) is 0 Å². The molecule has 60 valence electrons. The summed E-state index contributed by atoms with van der Waals surface area (Å²) in [7, 11) is 0. The average Bonchev–Trinajstić information content (AvgIpc) is 2.78. The Morgan fingerprint density at radius 1 is 2.50 bits per heavy atom. The molecular formula is C8H16O2. The van der Waals surface area contributed by atoms with Gasteiger partial charge >= 0.3 is 0 Å². The van der Waals surface area contributed by atoms with Crippen LogP contribution in [0.3, 0.4) is 0 Å². The first kappa shape index (κ1) is 1.70. The van der Waals surface area contributed by atoms with Gasteiger partial charge in [-0.05, 0) is 20.1 Å². The van der Waals surface area contributed by atoms with Crippen LogP contribution in [0.2, 0.25) is 0 Å². The summed E-state index contributed by atoms with van der Waals surface area (Å²) in [4.78, 5) is 0. The quantitative estimate of drug-likeness (QED) is 0.483. The fourth-order valence-corrected chi connectivity index (χ4v) is 0.122. The standard InChI is InChI=1S/C5H10O.C3H6O/c1-3-4-5(2)6;1-3-2-4-3/h3,5-6H,1,4H2,2H3;3H,2H2,1H3/t5-;3-/m00/s1/i2D3,4D2,5D;1D3,2D2,3D. The highest BCUT2D eigenvalue weighted by Gasteiger charge is 2.13. The van der Waals surface area contributed by atoms with Gasteiger partial charge in [0.15, 0.2) is 0 Å². The first-order valence-corrected chi connectivity index (χ1v) is 2.33. The van der Waals surface area contributed by atoms with Crippen LogP contribution in [0, 0.1) is 0 Å². The molecule has 0 radical (unpaired) electrons. The summed E-state index contributed by atoms with van der Waals surface area (Å²) in [6, 6.07) is 0. The number of rotatable bonds is 2. The zero-order valence-electron chi connectivity index (χ0n) is 17.1. The van der Waals surface area contributed by atoms with Gasteiger partial charge in [0, 0.05) is 11.0 Å². The Morgan fingerprint density at radius 2 is 3.20 bits per heavy atom. The number of hydrogen-bond donors (Lipinski definition) is 1. The lowest BCUT2D eigenvalue weighted by atomic mass is 10.3. The van der Waals surface area contributed by atoms with Gasteiger partial charge in [0.25, 0.3) is 0 Å². The summed E-state index contributed by atoms with van der Waals surface area (Å²) in [6.07, 6.45) is -7.54. The third-order valence-corrected chi connectivity index (χ3v) is 0.443. The van der Waals surface area contributed by atoms with E-state index in [2.05, 4.69) is 11.3 Å². The lowest BCUT2D eigenvalue weighted by Gasteiger charge is -1.92. The smallest absolute Gasteiger partial charge is 0.0781 e. The van der Waals surface area contributed by atoms with Crippen molar-refractivity contribution in [2.24, 2.45) is 0 Å². The summed E-state index contributed by atoms with van der Waals surface area (Å²) in [5.41, 5.74) is 0. The summed E-state index contributed by atoms with van der Waals surface area (Å²) in [5.74, 6) is 0. The lowest BCUT2D eigenvalue weighted by Crippen LogP contribution is -1.94. The van der Waals surface area contributed by atoms with Crippen LogP contribution in [0.4, 0.5) is 0 Å². The molecule has 1 fully saturated rings. The summed E-state index contributed by atoms with van der Waals surface area (Å²) < 4.78 is 85.6. The Hall–Kier alpha value is -0.340. The van der Waals surface area contributed by atoms with Crippen LogP contribution >= 0.6 is 0 Å². The normalized spacial score (nSPS) is 61.3. The van der Waals surface area contributed by atoms with Crippen molar-refractivity contribution in [3.05, 3.63) is 12.7 Å². The van der Waals surface area contributed by atoms with E-state index in [1.807, 2.05) is 0 Å². The minimum atomic E-state index is -3.15. The molecule has 0 aromatic rings. The minimum Gasteiger partial charge on any atom is -0.393 e. The molecule has 1 saturated heterocycles. The molecule has 0 aromatic carbocycles. The second-order valence-electron chi connectivity index (χ2n) is 1.23. The third-order valence-electron chi connectivity index (χ3n) is 0.443. The molecule has 0 aliphatic carbocycles. The molecule has 0 amide bonds. The van der Waals surface area contributed by atoms with Gasteiger partial charge in [-0.2, -0.15) is 0 Å². The van der Waals surface area contributed by atoms with E-state index in [4.69, 9.17) is 21.6 Å². The summed E-state index contributed by atoms with van der Waals surface area (Å²) in [5, 5.41) is 9.04. The van der Waals surface area contributed by atoms with Gasteiger partial charge in [-0.25, -0.2) is 0 Å². The average molecular weight is 156 g/mol. The van der Waals surface area contributed by atoms with Crippen molar-refractivity contribution in [2.75, 3.05) is 6.56 Å². The van der Waals surface area contributed by atoms with E-state index in [1.165, 1.54) is 0 Å². The Balaban J connectivity index is 0.000000406. The fraction of sp³-hybridized carbons (Fsp3) is 0.750. The van der Waals surface area contributed by atoms with E-state index >= 15 is 0 Å². The molecule has 2 heteroatoms. The predicted molar refractivity (Wildman–Crippen MR) is 41.9 cm³/mol. The second kappa shape index (κ2) is 5.45. The highest BCUT2D eigenvalue weighted by molar-refractivity contribution is 4.68. The van der Waals surface area contributed by atoms with E-state index < -0.39 is 38.8 Å². The lowest BCUT2D eigenvalue weighted by molar-refractivity contribution is 0.198. The van der Waals surface area contributed by atoms with E-state index in [9.17, 15) is 0 Å². The van der Waals surface area contributed by atoms with Crippen molar-refractivity contribution in [2.45, 2.75) is 32.2 Å². The molecule has 0 spiro atoms. The monoisotopic (exact) mass is 156 g/mol. The van der Waals surface area contributed by atoms with E-state index in [1.54, 1.807) is 0 Å². The number of hydrogen-bond acceptors (Lipinski definition) is 2. The Bertz CT molecular complexity index is 422. The van der Waals surface area contributed by atoms with Crippen LogP contribution in [0.5, 0.6) is 0 Å². The Morgan fingerprint density at radius 3 is 3.30 bits per heavy atom. The van der Waals surface area contributed by atoms with Gasteiger partial charge in [-0.15, -0.1) is 6.58 Å². The van der Waals surface area contributed by atoms with Crippen molar-refractivity contribution in [3.8, 4) is 0 Å². The molecule has 0 bridgehead atoms. The second-order valence-corrected chi connectivity index (χ2v) is 1.23. The van der Waals surface area contributed by atoms with E-state index in [0.717, 1.165) is 0 Å². The molecule has 1 aliphatic rings. The van der Waals surface area contributed by atoms with Gasteiger partial charge < -0.3 is 9.84 Å². The molecule has 0 aromatic heterocycles. The fourth-order valence-electron chi connectivity index (χ4n) is 0.122. The zero-order chi connectivity index (χ0) is 18.4. The van der Waals surface area contributed by atoms with Crippen LogP contribution < -0.4 is 0 Å². The molecule has 1 rings (SSSR count). The van der Waals surface area contributed by atoms with E-state index in [0.29, 0.717) is 6.08 Å². The van der Waals surface area contributed by atoms with Crippen LogP contribution in [-0.2, 0) is 4.74 Å². The first-order valence-electron chi connectivity index (χ1n) is 8.33. The van der Waals surface area contributed by atoms with Crippen LogP contribution in [0.15, 0.2) is 12.7 Å². The van der Waals surface area contributed by atoms with Gasteiger partial charge in [-0.3, -0.25) is 0 Å². The molecule has 0 unspecified atom stereocenters. The third kappa shape index (κ3) is 10.6. The maximum Gasteiger partial charge on any atom is 0.0781 e. The van der Waals surface area contributed by atoms with Crippen molar-refractivity contribution in [1.82, 2.24) is 0 Å². The molecule has 1 heterocycles. The molecule has 1 aliphatic heterocycles. The predicted octanol–water partition coefficient (Wildman–Crippen LogP) is 1.35. The van der Waals surface area contributed by atoms with Crippen LogP contribution in [0.25, 0.3) is 0 Å². The molecule has 1 N–H and O–H groups in total. The first-order chi connectivity index (χ1) is 9.27. The molecule has 2 atom stereocenters. The highest BCUT2D eigenvalue weighted by Crippen LogP contribution is 2.04. The summed E-state index contributed by atoms with van der Waals surface area (Å²) in [6.45, 7) is -5.09. The Labute approximate surface area is 79.4 Å². The number of aliphatic hydroxyl groups is 1. The largest absolute Gasteiger partial charge is 0.393 e. The van der Waals surface area contributed by atoms with Crippen LogP contribution in [-0.4, -0.2) is 23.8 Å². The molecule has 0 saturated carbocycles. The highest BCUT2D eigenvalue weighted by atomic mass is 16.6. The maximum atomic E-state index is 9.04. The number of epoxide rings is 1.